The highest BCUT2D eigenvalue weighted by Crippen LogP contribution is 2.21. The number of nitrogens with two attached hydrogens (primary N) is 2. The first-order valence-corrected chi connectivity index (χ1v) is 3.83. The van der Waals surface area contributed by atoms with Crippen LogP contribution in [0.25, 0.3) is 0 Å². The predicted octanol–water partition coefficient (Wildman–Crippen LogP) is 1.32. The molecule has 0 aliphatic heterocycles. The van der Waals surface area contributed by atoms with E-state index >= 15 is 0 Å². The molecule has 1 rings (SSSR count). The second-order valence-corrected chi connectivity index (χ2v) is 2.72. The Labute approximate surface area is 75.8 Å². The van der Waals surface area contributed by atoms with Crippen LogP contribution in [-0.2, 0) is 0 Å². The van der Waals surface area contributed by atoms with E-state index < -0.39 is 11.9 Å². The van der Waals surface area contributed by atoms with E-state index in [-0.39, 0.29) is 12.1 Å². The first-order valence-electron chi connectivity index (χ1n) is 3.83. The maximum atomic E-state index is 13.3. The number of nitrogens with zero attached hydrogens (tertiary/aromatic N) is 1. The van der Waals surface area contributed by atoms with Crippen molar-refractivity contribution in [2.45, 2.75) is 12.5 Å². The number of nitrogen functional groups attached to an aromatic ring is 1. The van der Waals surface area contributed by atoms with Crippen LogP contribution < -0.4 is 11.5 Å². The number of benzene rings is 1. The van der Waals surface area contributed by atoms with Gasteiger partial charge in [0.15, 0.2) is 5.82 Å². The van der Waals surface area contributed by atoms with Gasteiger partial charge < -0.3 is 11.5 Å². The minimum atomic E-state index is -0.603. The van der Waals surface area contributed by atoms with E-state index in [2.05, 4.69) is 0 Å². The van der Waals surface area contributed by atoms with Gasteiger partial charge in [-0.05, 0) is 6.07 Å². The van der Waals surface area contributed by atoms with Gasteiger partial charge in [-0.25, -0.2) is 4.39 Å². The second kappa shape index (κ2) is 3.87. The van der Waals surface area contributed by atoms with E-state index in [0.717, 1.165) is 0 Å². The monoisotopic (exact) mass is 179 g/mol. The largest absolute Gasteiger partial charge is 0.396 e. The van der Waals surface area contributed by atoms with Gasteiger partial charge >= 0.3 is 0 Å². The summed E-state index contributed by atoms with van der Waals surface area (Å²) in [5.74, 6) is -0.523. The van der Waals surface area contributed by atoms with Crippen LogP contribution in [0.5, 0.6) is 0 Å². The summed E-state index contributed by atoms with van der Waals surface area (Å²) in [6.07, 6.45) is 0.0837. The fourth-order valence-electron chi connectivity index (χ4n) is 1.06. The zero-order valence-electron chi connectivity index (χ0n) is 7.00. The lowest BCUT2D eigenvalue weighted by atomic mass is 10.0. The summed E-state index contributed by atoms with van der Waals surface area (Å²) in [7, 11) is 0. The van der Waals surface area contributed by atoms with Crippen molar-refractivity contribution < 1.29 is 4.39 Å². The molecule has 0 aliphatic carbocycles. The smallest absolute Gasteiger partial charge is 0.150 e. The molecule has 0 aromatic heterocycles. The fourth-order valence-corrected chi connectivity index (χ4v) is 1.06. The highest BCUT2D eigenvalue weighted by molar-refractivity contribution is 5.44. The molecule has 4 N–H and O–H groups in total. The highest BCUT2D eigenvalue weighted by Gasteiger charge is 2.12. The lowest BCUT2D eigenvalue weighted by Gasteiger charge is -2.09. The van der Waals surface area contributed by atoms with Crippen molar-refractivity contribution in [2.24, 2.45) is 5.73 Å². The van der Waals surface area contributed by atoms with E-state index in [0.29, 0.717) is 5.56 Å². The molecule has 0 aliphatic rings. The number of halogens is 1. The standard InChI is InChI=1S/C9H10FN3/c10-9-6(7(12)4-5-11)2-1-3-8(9)13/h1-3,7H,4,12-13H2/t7-/m1/s1. The summed E-state index contributed by atoms with van der Waals surface area (Å²) >= 11 is 0. The van der Waals surface area contributed by atoms with Crippen molar-refractivity contribution in [3.05, 3.63) is 29.6 Å². The Kier molecular flexibility index (Phi) is 2.83. The van der Waals surface area contributed by atoms with Gasteiger partial charge in [0.1, 0.15) is 0 Å². The molecular weight excluding hydrogens is 169 g/mol. The van der Waals surface area contributed by atoms with Crippen LogP contribution in [0.15, 0.2) is 18.2 Å². The van der Waals surface area contributed by atoms with Crippen molar-refractivity contribution in [3.8, 4) is 6.07 Å². The van der Waals surface area contributed by atoms with Crippen molar-refractivity contribution in [1.29, 1.82) is 5.26 Å². The molecule has 1 aromatic rings. The van der Waals surface area contributed by atoms with Crippen LogP contribution in [0.3, 0.4) is 0 Å². The normalized spacial score (nSPS) is 12.1. The van der Waals surface area contributed by atoms with Crippen molar-refractivity contribution in [3.63, 3.8) is 0 Å². The number of anilines is 1. The Balaban J connectivity index is 3.02. The van der Waals surface area contributed by atoms with Gasteiger partial charge in [0.25, 0.3) is 0 Å². The lowest BCUT2D eigenvalue weighted by Crippen LogP contribution is -2.12. The SMILES string of the molecule is N#CC[C@@H](N)c1cccc(N)c1F. The molecule has 1 atom stereocenters. The van der Waals surface area contributed by atoms with Gasteiger partial charge in [-0.1, -0.05) is 12.1 Å². The summed E-state index contributed by atoms with van der Waals surface area (Å²) in [5.41, 5.74) is 11.3. The Bertz CT molecular complexity index is 343. The Morgan fingerprint density at radius 3 is 2.85 bits per heavy atom. The summed E-state index contributed by atoms with van der Waals surface area (Å²) in [6.45, 7) is 0. The van der Waals surface area contributed by atoms with Gasteiger partial charge in [0.2, 0.25) is 0 Å². The molecule has 0 heterocycles. The van der Waals surface area contributed by atoms with Crippen molar-refractivity contribution >= 4 is 5.69 Å². The van der Waals surface area contributed by atoms with Crippen LogP contribution >= 0.6 is 0 Å². The molecule has 0 unspecified atom stereocenters. The van der Waals surface area contributed by atoms with E-state index in [1.54, 1.807) is 6.07 Å². The molecule has 4 heteroatoms. The van der Waals surface area contributed by atoms with E-state index in [9.17, 15) is 4.39 Å². The maximum Gasteiger partial charge on any atom is 0.150 e. The third kappa shape index (κ3) is 1.95. The zero-order valence-corrected chi connectivity index (χ0v) is 7.00. The molecule has 0 saturated carbocycles. The Morgan fingerprint density at radius 1 is 1.54 bits per heavy atom. The molecular formula is C9H10FN3. The third-order valence-electron chi connectivity index (χ3n) is 1.77. The van der Waals surface area contributed by atoms with Gasteiger partial charge in [-0.2, -0.15) is 5.26 Å². The van der Waals surface area contributed by atoms with Crippen molar-refractivity contribution in [2.75, 3.05) is 5.73 Å². The zero-order chi connectivity index (χ0) is 9.84. The molecule has 0 amide bonds. The topological polar surface area (TPSA) is 75.8 Å². The molecule has 68 valence electrons. The molecule has 3 nitrogen and oxygen atoms in total. The second-order valence-electron chi connectivity index (χ2n) is 2.72. The molecule has 0 spiro atoms. The van der Waals surface area contributed by atoms with Gasteiger partial charge in [-0.3, -0.25) is 0 Å². The molecule has 13 heavy (non-hydrogen) atoms. The minimum absolute atomic E-state index is 0.0610. The quantitative estimate of drug-likeness (QED) is 0.672. The molecule has 0 bridgehead atoms. The molecule has 0 saturated heterocycles. The van der Waals surface area contributed by atoms with Crippen LogP contribution in [0.4, 0.5) is 10.1 Å². The minimum Gasteiger partial charge on any atom is -0.396 e. The molecule has 0 radical (unpaired) electrons. The van der Waals surface area contributed by atoms with Crippen molar-refractivity contribution in [1.82, 2.24) is 0 Å². The fraction of sp³-hybridized carbons (Fsp3) is 0.222. The number of rotatable bonds is 2. The van der Waals surface area contributed by atoms with E-state index in [1.807, 2.05) is 6.07 Å². The number of hydrogen-bond acceptors (Lipinski definition) is 3. The molecule has 1 aromatic carbocycles. The van der Waals surface area contributed by atoms with Gasteiger partial charge in [0, 0.05) is 11.6 Å². The highest BCUT2D eigenvalue weighted by atomic mass is 19.1. The van der Waals surface area contributed by atoms with Crippen LogP contribution in [0.1, 0.15) is 18.0 Å². The Hall–Kier alpha value is -1.60. The van der Waals surface area contributed by atoms with Gasteiger partial charge in [-0.15, -0.1) is 0 Å². The summed E-state index contributed by atoms with van der Waals surface area (Å²) in [4.78, 5) is 0. The average Bonchev–Trinajstić information content (AvgIpc) is 2.10. The molecule has 0 fully saturated rings. The Morgan fingerprint density at radius 2 is 2.23 bits per heavy atom. The van der Waals surface area contributed by atoms with Gasteiger partial charge in [0.05, 0.1) is 18.2 Å². The number of nitriles is 1. The summed E-state index contributed by atoms with van der Waals surface area (Å²) in [6, 6.07) is 5.88. The first kappa shape index (κ1) is 9.49. The van der Waals surface area contributed by atoms with Crippen LogP contribution in [0.2, 0.25) is 0 Å². The average molecular weight is 179 g/mol. The summed E-state index contributed by atoms with van der Waals surface area (Å²) < 4.78 is 13.3. The van der Waals surface area contributed by atoms with E-state index in [4.69, 9.17) is 16.7 Å². The first-order chi connectivity index (χ1) is 6.16. The van der Waals surface area contributed by atoms with Crippen LogP contribution in [0, 0.1) is 17.1 Å². The van der Waals surface area contributed by atoms with E-state index in [1.165, 1.54) is 12.1 Å². The summed E-state index contributed by atoms with van der Waals surface area (Å²) in [5, 5.41) is 8.37. The number of hydrogen-bond donors (Lipinski definition) is 2. The predicted molar refractivity (Wildman–Crippen MR) is 48.0 cm³/mol. The third-order valence-corrected chi connectivity index (χ3v) is 1.77. The maximum absolute atomic E-state index is 13.3. The lowest BCUT2D eigenvalue weighted by molar-refractivity contribution is 0.589. The van der Waals surface area contributed by atoms with Crippen LogP contribution in [-0.4, -0.2) is 0 Å².